The Bertz CT molecular complexity index is 3970. The van der Waals surface area contributed by atoms with Gasteiger partial charge in [-0.25, -0.2) is 29.9 Å². The molecule has 1 spiro atoms. The Morgan fingerprint density at radius 3 is 1.67 bits per heavy atom. The maximum absolute atomic E-state index is 10.5. The summed E-state index contributed by atoms with van der Waals surface area (Å²) in [5, 5.41) is 72.0. The van der Waals surface area contributed by atoms with Crippen LogP contribution in [0.5, 0.6) is 29.0 Å². The van der Waals surface area contributed by atoms with Crippen LogP contribution in [-0.2, 0) is 6.98 Å². The number of methoxy groups -OCH3 is 1. The normalized spacial score (nSPS) is 19.1. The fourth-order valence-corrected chi connectivity index (χ4v) is 11.6. The molecule has 0 radical (unpaired) electrons. The van der Waals surface area contributed by atoms with E-state index in [1.165, 1.54) is 51.0 Å². The van der Waals surface area contributed by atoms with Crippen molar-refractivity contribution >= 4 is 11.6 Å². The molecule has 13 rings (SSSR count). The molecule has 12 heterocycles. The molecule has 0 bridgehead atoms. The highest BCUT2D eigenvalue weighted by atomic mass is 16.5. The van der Waals surface area contributed by atoms with E-state index in [2.05, 4.69) is 147 Å². The van der Waals surface area contributed by atoms with Gasteiger partial charge in [-0.3, -0.25) is 4.68 Å². The minimum absolute atomic E-state index is 0.00717. The summed E-state index contributed by atoms with van der Waals surface area (Å²) in [5.74, 6) is 2.87. The summed E-state index contributed by atoms with van der Waals surface area (Å²) in [5.41, 5.74) is 5.86. The second kappa shape index (κ2) is 25.4. The largest absolute Gasteiger partial charge is 0.506 e. The molecule has 464 valence electrons. The number of hydrogen-bond donors (Lipinski definition) is 6. The first-order chi connectivity index (χ1) is 43.7. The first kappa shape index (κ1) is 57.4. The second-order valence-corrected chi connectivity index (χ2v) is 25.6. The highest BCUT2D eigenvalue weighted by Crippen LogP contribution is 2.46. The smallest absolute Gasteiger partial charge is 0.233 e. The fraction of sp³-hybridized carbons (Fsp3) is 0.422. The van der Waals surface area contributed by atoms with Gasteiger partial charge in [0.25, 0.3) is 0 Å². The SMILES string of the molecule is CC1(C)CC(Oc2ccc(-c3ncc(-c4ncco4)cc3O)nn2)CC2(CC2)N1.COc1cc(-c2cnc(-c3ccc(N4CC[C@@H](NC(C)(C)C)C4)nn3)c(O)c2)ncn1.[2H]C([2H])([2H])n1cc(-c2cnc(-c3ccc(N4CCC(NC(C)(C)C)C4)nn3)c(O)c2)cn1. The van der Waals surface area contributed by atoms with Gasteiger partial charge < -0.3 is 55.0 Å². The van der Waals surface area contributed by atoms with Gasteiger partial charge in [-0.2, -0.15) is 5.10 Å². The van der Waals surface area contributed by atoms with Crippen LogP contribution in [0.15, 0.2) is 115 Å². The predicted octanol–water partition coefficient (Wildman–Crippen LogP) is 8.63. The molecule has 6 N–H and O–H groups in total. The summed E-state index contributed by atoms with van der Waals surface area (Å²) >= 11 is 0. The van der Waals surface area contributed by atoms with Crippen molar-refractivity contribution in [3.63, 3.8) is 0 Å². The molecule has 9 aromatic rings. The number of ether oxygens (including phenoxy) is 2. The van der Waals surface area contributed by atoms with Crippen molar-refractivity contribution in [3.05, 3.63) is 110 Å². The number of nitrogens with one attached hydrogen (secondary N) is 3. The van der Waals surface area contributed by atoms with Gasteiger partial charge in [0.1, 0.15) is 70.1 Å². The highest BCUT2D eigenvalue weighted by Gasteiger charge is 2.52. The number of hydrogen-bond acceptors (Lipinski definition) is 24. The summed E-state index contributed by atoms with van der Waals surface area (Å²) in [4.78, 5) is 29.7. The van der Waals surface area contributed by atoms with E-state index < -0.39 is 6.98 Å². The third kappa shape index (κ3) is 15.5. The van der Waals surface area contributed by atoms with Crippen LogP contribution >= 0.6 is 0 Å². The summed E-state index contributed by atoms with van der Waals surface area (Å²) in [6.45, 7) is 18.7. The van der Waals surface area contributed by atoms with Crippen LogP contribution in [-0.4, -0.2) is 159 Å². The number of pyridine rings is 3. The van der Waals surface area contributed by atoms with E-state index in [4.69, 9.17) is 18.0 Å². The maximum atomic E-state index is 10.5. The third-order valence-corrected chi connectivity index (χ3v) is 15.4. The number of rotatable bonds is 13. The van der Waals surface area contributed by atoms with Crippen molar-refractivity contribution < 1.29 is 33.3 Å². The molecule has 25 nitrogen and oxygen atoms in total. The second-order valence-electron chi connectivity index (χ2n) is 25.6. The molecule has 0 aromatic carbocycles. The van der Waals surface area contributed by atoms with E-state index in [0.717, 1.165) is 68.2 Å². The zero-order valence-corrected chi connectivity index (χ0v) is 51.4. The monoisotopic (exact) mass is 1210 g/mol. The van der Waals surface area contributed by atoms with Gasteiger partial charge in [-0.05, 0) is 130 Å². The average molecular weight is 1210 g/mol. The Labute approximate surface area is 521 Å². The van der Waals surface area contributed by atoms with Gasteiger partial charge in [0.15, 0.2) is 11.6 Å². The number of anilines is 2. The number of oxazole rings is 1. The molecule has 3 saturated heterocycles. The van der Waals surface area contributed by atoms with Gasteiger partial charge in [-0.1, -0.05) is 0 Å². The van der Waals surface area contributed by atoms with E-state index in [1.54, 1.807) is 61.2 Å². The highest BCUT2D eigenvalue weighted by molar-refractivity contribution is 5.71. The molecule has 9 aromatic heterocycles. The van der Waals surface area contributed by atoms with Gasteiger partial charge in [0.2, 0.25) is 17.7 Å². The molecular formula is C64H77N19O6. The van der Waals surface area contributed by atoms with Crippen molar-refractivity contribution in [1.82, 2.24) is 86.2 Å². The summed E-state index contributed by atoms with van der Waals surface area (Å²) < 4.78 is 39.6. The summed E-state index contributed by atoms with van der Waals surface area (Å²) in [6, 6.07) is 18.2. The van der Waals surface area contributed by atoms with Crippen molar-refractivity contribution in [3.8, 4) is 97.0 Å². The minimum atomic E-state index is -2.36. The van der Waals surface area contributed by atoms with Crippen LogP contribution in [0.2, 0.25) is 0 Å². The first-order valence-corrected chi connectivity index (χ1v) is 29.7. The number of aromatic nitrogens is 14. The molecule has 25 heteroatoms. The van der Waals surface area contributed by atoms with Crippen LogP contribution in [0, 0.1) is 0 Å². The molecule has 1 saturated carbocycles. The molecule has 3 aliphatic heterocycles. The molecule has 1 aliphatic carbocycles. The van der Waals surface area contributed by atoms with Crippen molar-refractivity contribution in [2.45, 2.75) is 134 Å². The van der Waals surface area contributed by atoms with Crippen LogP contribution in [0.25, 0.3) is 68.0 Å². The average Bonchev–Trinajstić information content (AvgIpc) is 1.60. The quantitative estimate of drug-likeness (QED) is 0.0629. The zero-order chi connectivity index (χ0) is 65.2. The third-order valence-electron chi connectivity index (χ3n) is 15.4. The first-order valence-electron chi connectivity index (χ1n) is 31.2. The number of aryl methyl sites for hydroxylation is 1. The molecular weight excluding hydrogens is 1130 g/mol. The lowest BCUT2D eigenvalue weighted by Crippen LogP contribution is -2.56. The lowest BCUT2D eigenvalue weighted by atomic mass is 9.85. The van der Waals surface area contributed by atoms with Crippen molar-refractivity contribution in [2.75, 3.05) is 43.1 Å². The van der Waals surface area contributed by atoms with E-state index in [1.807, 2.05) is 18.2 Å². The predicted molar refractivity (Wildman–Crippen MR) is 336 cm³/mol. The standard InChI is InChI=1S/C22H27N7O2.C21H27N7O.C21H23N5O3/c1-22(2,3)26-15-7-8-29(12-15)19-6-5-16(27-28-19)21-18(30)9-14(11-23-21)17-10-20(31-4)25-13-24-17;1-21(2,3)24-16-7-8-28(13-16)19-6-5-17(25-26-19)20-18(29)9-14(10-22-20)15-11-23-27(4)12-15;1-20(2)10-14(11-21(26-20)5-6-21)29-17-4-3-15(24-25-17)18-16(27)9-13(12-23-18)19-22-7-8-28-19/h5-6,9-11,13,15,26,30H,7-8,12H2,1-4H3;5-6,9-12,16,24,29H,7-8,13H2,1-4H3;3-4,7-9,12,14,26-27H,5-6,10-11H2,1-2H3/t15-;;/m1../s1/i;4D3;. The van der Waals surface area contributed by atoms with E-state index in [9.17, 15) is 15.3 Å². The van der Waals surface area contributed by atoms with Crippen LogP contribution < -0.4 is 35.2 Å². The topological polar surface area (TPSA) is 307 Å². The van der Waals surface area contributed by atoms with Crippen molar-refractivity contribution in [2.24, 2.45) is 6.98 Å². The van der Waals surface area contributed by atoms with Crippen LogP contribution in [0.1, 0.15) is 98.0 Å². The van der Waals surface area contributed by atoms with Crippen LogP contribution in [0.3, 0.4) is 0 Å². The van der Waals surface area contributed by atoms with E-state index in [-0.39, 0.29) is 45.5 Å². The Morgan fingerprint density at radius 2 is 1.18 bits per heavy atom. The molecule has 2 unspecified atom stereocenters. The number of piperidine rings is 1. The van der Waals surface area contributed by atoms with Gasteiger partial charge in [0, 0.05) is 138 Å². The van der Waals surface area contributed by atoms with Crippen LogP contribution in [0.4, 0.5) is 11.6 Å². The molecule has 89 heavy (non-hydrogen) atoms. The minimum Gasteiger partial charge on any atom is -0.506 e. The molecule has 0 amide bonds. The number of aromatic hydroxyl groups is 3. The zero-order valence-electron chi connectivity index (χ0n) is 54.4. The molecule has 4 fully saturated rings. The maximum Gasteiger partial charge on any atom is 0.233 e. The Kier molecular flexibility index (Phi) is 16.4. The Hall–Kier alpha value is -9.33. The number of nitrogens with zero attached hydrogens (tertiary/aromatic N) is 16. The van der Waals surface area contributed by atoms with E-state index >= 15 is 0 Å². The lowest BCUT2D eigenvalue weighted by Gasteiger charge is -2.41. The van der Waals surface area contributed by atoms with E-state index in [0.29, 0.717) is 91.8 Å². The molecule has 4 aliphatic rings. The van der Waals surface area contributed by atoms with Gasteiger partial charge >= 0.3 is 0 Å². The summed E-state index contributed by atoms with van der Waals surface area (Å²) in [6.07, 6.45) is 18.6. The Balaban J connectivity index is 0.000000141. The lowest BCUT2D eigenvalue weighted by molar-refractivity contribution is 0.0737. The molecule has 3 atom stereocenters. The summed E-state index contributed by atoms with van der Waals surface area (Å²) in [7, 11) is 1.54. The Morgan fingerprint density at radius 1 is 0.618 bits per heavy atom. The van der Waals surface area contributed by atoms with Gasteiger partial charge in [0.05, 0.1) is 30.8 Å². The fourth-order valence-electron chi connectivity index (χ4n) is 11.6. The van der Waals surface area contributed by atoms with Crippen molar-refractivity contribution in [1.29, 1.82) is 0 Å². The van der Waals surface area contributed by atoms with Gasteiger partial charge in [-0.15, -0.1) is 30.6 Å².